The van der Waals surface area contributed by atoms with Crippen LogP contribution in [0.5, 0.6) is 0 Å². The predicted molar refractivity (Wildman–Crippen MR) is 128 cm³/mol. The van der Waals surface area contributed by atoms with Crippen molar-refractivity contribution in [2.24, 2.45) is 0 Å². The van der Waals surface area contributed by atoms with Gasteiger partial charge in [0.2, 0.25) is 17.7 Å². The van der Waals surface area contributed by atoms with E-state index in [1.165, 1.54) is 30.2 Å². The minimum atomic E-state index is -1.48. The van der Waals surface area contributed by atoms with Gasteiger partial charge in [-0.05, 0) is 58.9 Å². The van der Waals surface area contributed by atoms with Gasteiger partial charge >= 0.3 is 0 Å². The Bertz CT molecular complexity index is 909. The Hall–Kier alpha value is -2.32. The first-order valence-electron chi connectivity index (χ1n) is 12.6. The number of benzene rings is 1. The number of hydrogen-bond acceptors (Lipinski definition) is 5. The van der Waals surface area contributed by atoms with Crippen LogP contribution >= 0.6 is 0 Å². The maximum Gasteiger partial charge on any atom is 0.241 e. The third-order valence-corrected chi connectivity index (χ3v) is 7.75. The lowest BCUT2D eigenvalue weighted by Crippen LogP contribution is -2.50. The number of imide groups is 1. The van der Waals surface area contributed by atoms with Gasteiger partial charge in [-0.1, -0.05) is 24.6 Å². The number of carbonyl (C=O) groups excluding carboxylic acids is 3. The van der Waals surface area contributed by atoms with Gasteiger partial charge < -0.3 is 14.7 Å². The Morgan fingerprint density at radius 2 is 1.74 bits per heavy atom. The first-order valence-corrected chi connectivity index (χ1v) is 12.6. The number of rotatable bonds is 7. The molecule has 0 aliphatic carbocycles. The van der Waals surface area contributed by atoms with Crippen molar-refractivity contribution in [3.05, 3.63) is 35.6 Å². The van der Waals surface area contributed by atoms with Crippen molar-refractivity contribution in [2.45, 2.75) is 56.4 Å². The van der Waals surface area contributed by atoms with E-state index in [4.69, 9.17) is 0 Å². The normalized spacial score (nSPS) is 24.9. The molecule has 1 aromatic rings. The molecule has 0 spiro atoms. The molecular weight excluding hydrogens is 435 g/mol. The van der Waals surface area contributed by atoms with Gasteiger partial charge in [-0.3, -0.25) is 19.3 Å². The summed E-state index contributed by atoms with van der Waals surface area (Å²) in [6.07, 6.45) is 5.27. The van der Waals surface area contributed by atoms with Crippen LogP contribution in [0.15, 0.2) is 24.3 Å². The van der Waals surface area contributed by atoms with E-state index in [9.17, 15) is 18.8 Å². The second-order valence-corrected chi connectivity index (χ2v) is 10.3. The molecule has 0 N–H and O–H groups in total. The van der Waals surface area contributed by atoms with E-state index in [2.05, 4.69) is 4.90 Å². The van der Waals surface area contributed by atoms with Gasteiger partial charge in [0.15, 0.2) is 0 Å². The van der Waals surface area contributed by atoms with E-state index >= 15 is 0 Å². The zero-order valence-corrected chi connectivity index (χ0v) is 20.5. The van der Waals surface area contributed by atoms with Crippen LogP contribution in [0.25, 0.3) is 0 Å². The molecule has 3 saturated heterocycles. The number of amides is 3. The summed E-state index contributed by atoms with van der Waals surface area (Å²) in [5.41, 5.74) is -1.33. The molecule has 8 heteroatoms. The molecule has 4 rings (SSSR count). The highest BCUT2D eigenvalue weighted by Gasteiger charge is 2.55. The summed E-state index contributed by atoms with van der Waals surface area (Å²) in [7, 11) is 3.73. The molecule has 1 atom stereocenters. The monoisotopic (exact) mass is 472 g/mol. The van der Waals surface area contributed by atoms with Gasteiger partial charge in [0.25, 0.3) is 0 Å². The van der Waals surface area contributed by atoms with Gasteiger partial charge in [-0.25, -0.2) is 4.39 Å². The van der Waals surface area contributed by atoms with Crippen molar-refractivity contribution >= 4 is 17.7 Å². The van der Waals surface area contributed by atoms with Crippen molar-refractivity contribution in [1.29, 1.82) is 0 Å². The average Bonchev–Trinajstić information content (AvgIpc) is 3.07. The van der Waals surface area contributed by atoms with Gasteiger partial charge in [-0.2, -0.15) is 0 Å². The number of piperidine rings is 2. The average molecular weight is 473 g/mol. The molecule has 3 heterocycles. The smallest absolute Gasteiger partial charge is 0.241 e. The highest BCUT2D eigenvalue weighted by molar-refractivity contribution is 6.10. The molecule has 0 saturated carbocycles. The largest absolute Gasteiger partial charge is 0.343 e. The van der Waals surface area contributed by atoms with Crippen LogP contribution in [0.4, 0.5) is 4.39 Å². The molecular formula is C26H37FN4O3. The van der Waals surface area contributed by atoms with Crippen LogP contribution in [-0.2, 0) is 19.8 Å². The Kier molecular flexibility index (Phi) is 7.67. The highest BCUT2D eigenvalue weighted by atomic mass is 19.1. The number of carbonyl (C=O) groups is 3. The minimum absolute atomic E-state index is 0.150. The maximum absolute atomic E-state index is 15.0. The lowest BCUT2D eigenvalue weighted by atomic mass is 9.75. The Morgan fingerprint density at radius 1 is 1.06 bits per heavy atom. The summed E-state index contributed by atoms with van der Waals surface area (Å²) in [5, 5.41) is 0. The van der Waals surface area contributed by atoms with Gasteiger partial charge in [0.1, 0.15) is 5.82 Å². The zero-order chi connectivity index (χ0) is 24.3. The van der Waals surface area contributed by atoms with E-state index in [-0.39, 0.29) is 36.8 Å². The summed E-state index contributed by atoms with van der Waals surface area (Å²) in [5.74, 6) is -1.52. The van der Waals surface area contributed by atoms with E-state index in [0.717, 1.165) is 25.9 Å². The first-order chi connectivity index (χ1) is 16.3. The van der Waals surface area contributed by atoms with E-state index in [0.29, 0.717) is 25.7 Å². The van der Waals surface area contributed by atoms with Crippen molar-refractivity contribution in [2.75, 3.05) is 53.4 Å². The van der Waals surface area contributed by atoms with Crippen LogP contribution in [0.3, 0.4) is 0 Å². The van der Waals surface area contributed by atoms with Crippen LogP contribution < -0.4 is 0 Å². The third kappa shape index (κ3) is 5.03. The number of hydrogen-bond donors (Lipinski definition) is 0. The van der Waals surface area contributed by atoms with Gasteiger partial charge in [-0.15, -0.1) is 0 Å². The quantitative estimate of drug-likeness (QED) is 0.570. The first kappa shape index (κ1) is 24.8. The van der Waals surface area contributed by atoms with Crippen LogP contribution in [0.2, 0.25) is 0 Å². The topological polar surface area (TPSA) is 64.2 Å². The molecule has 3 aliphatic rings. The second-order valence-electron chi connectivity index (χ2n) is 10.3. The van der Waals surface area contributed by atoms with E-state index < -0.39 is 17.1 Å². The summed E-state index contributed by atoms with van der Waals surface area (Å²) in [6, 6.07) is 6.57. The molecule has 0 aromatic heterocycles. The fraction of sp³-hybridized carbons (Fsp3) is 0.654. The molecule has 0 bridgehead atoms. The SMILES string of the molecule is CN(C)CCN1C(=O)C[C@](CC(=O)N2CCC(N3CCCCC3)CC2)(c2ccccc2F)C1=O. The molecule has 0 radical (unpaired) electrons. The molecule has 1 aromatic carbocycles. The molecule has 34 heavy (non-hydrogen) atoms. The predicted octanol–water partition coefficient (Wildman–Crippen LogP) is 2.25. The van der Waals surface area contributed by atoms with Crippen LogP contribution in [0.1, 0.15) is 50.5 Å². The minimum Gasteiger partial charge on any atom is -0.343 e. The molecule has 186 valence electrons. The second kappa shape index (κ2) is 10.5. The maximum atomic E-state index is 15.0. The molecule has 3 amide bonds. The van der Waals surface area contributed by atoms with Crippen molar-refractivity contribution in [1.82, 2.24) is 19.6 Å². The molecule has 3 aliphatic heterocycles. The van der Waals surface area contributed by atoms with E-state index in [1.807, 2.05) is 23.9 Å². The van der Waals surface area contributed by atoms with E-state index in [1.54, 1.807) is 18.2 Å². The molecule has 7 nitrogen and oxygen atoms in total. The zero-order valence-electron chi connectivity index (χ0n) is 20.5. The van der Waals surface area contributed by atoms with Crippen molar-refractivity contribution in [3.63, 3.8) is 0 Å². The Labute approximate surface area is 201 Å². The molecule has 3 fully saturated rings. The number of nitrogens with zero attached hydrogens (tertiary/aromatic N) is 4. The lowest BCUT2D eigenvalue weighted by Gasteiger charge is -2.41. The van der Waals surface area contributed by atoms with Crippen molar-refractivity contribution in [3.8, 4) is 0 Å². The summed E-state index contributed by atoms with van der Waals surface area (Å²) in [4.78, 5) is 47.4. The van der Waals surface area contributed by atoms with Crippen LogP contribution in [-0.4, -0.2) is 96.7 Å². The fourth-order valence-electron chi connectivity index (χ4n) is 5.75. The standard InChI is InChI=1S/C26H37FN4O3/c1-28(2)16-17-31-24(33)19-26(25(31)34,21-8-4-5-9-22(21)27)18-23(32)30-14-10-20(11-15-30)29-12-6-3-7-13-29/h4-5,8-9,20H,3,6-7,10-19H2,1-2H3/t26-/m1/s1. The van der Waals surface area contributed by atoms with Crippen molar-refractivity contribution < 1.29 is 18.8 Å². The third-order valence-electron chi connectivity index (χ3n) is 7.75. The van der Waals surface area contributed by atoms with Gasteiger partial charge in [0, 0.05) is 50.6 Å². The summed E-state index contributed by atoms with van der Waals surface area (Å²) < 4.78 is 15.0. The van der Waals surface area contributed by atoms with Gasteiger partial charge in [0.05, 0.1) is 5.41 Å². The number of likely N-dealkylation sites (N-methyl/N-ethyl adjacent to an activating group) is 1. The lowest BCUT2D eigenvalue weighted by molar-refractivity contribution is -0.143. The highest BCUT2D eigenvalue weighted by Crippen LogP contribution is 2.41. The summed E-state index contributed by atoms with van der Waals surface area (Å²) >= 11 is 0. The fourth-order valence-corrected chi connectivity index (χ4v) is 5.75. The Balaban J connectivity index is 1.51. The Morgan fingerprint density at radius 3 is 2.38 bits per heavy atom. The van der Waals surface area contributed by atoms with Crippen LogP contribution in [0, 0.1) is 5.82 Å². The number of halogens is 1. The summed E-state index contributed by atoms with van der Waals surface area (Å²) in [6.45, 7) is 4.29. The molecule has 0 unspecified atom stereocenters. The number of likely N-dealkylation sites (tertiary alicyclic amines) is 3.